The van der Waals surface area contributed by atoms with Gasteiger partial charge in [-0.1, -0.05) is 18.2 Å². The minimum absolute atomic E-state index is 0.227. The van der Waals surface area contributed by atoms with Crippen molar-refractivity contribution in [3.63, 3.8) is 0 Å². The maximum absolute atomic E-state index is 11.7. The van der Waals surface area contributed by atoms with E-state index in [-0.39, 0.29) is 17.6 Å². The second kappa shape index (κ2) is 5.79. The molecule has 0 bridgehead atoms. The summed E-state index contributed by atoms with van der Waals surface area (Å²) >= 11 is 0. The van der Waals surface area contributed by atoms with Crippen LogP contribution in [-0.4, -0.2) is 16.5 Å². The Morgan fingerprint density at radius 2 is 1.95 bits per heavy atom. The molecule has 1 aromatic heterocycles. The Hall–Kier alpha value is -2.96. The second-order valence-corrected chi connectivity index (χ2v) is 3.90. The van der Waals surface area contributed by atoms with Crippen LogP contribution >= 0.6 is 0 Å². The molecule has 0 fully saturated rings. The highest BCUT2D eigenvalue weighted by molar-refractivity contribution is 5.99. The highest BCUT2D eigenvalue weighted by atomic mass is 16.6. The highest BCUT2D eigenvalue weighted by Crippen LogP contribution is 2.16. The van der Waals surface area contributed by atoms with Crippen molar-refractivity contribution in [1.82, 2.24) is 5.43 Å². The summed E-state index contributed by atoms with van der Waals surface area (Å²) in [6, 6.07) is 11.2. The van der Waals surface area contributed by atoms with E-state index in [0.29, 0.717) is 11.3 Å². The molecule has 7 heteroatoms. The lowest BCUT2D eigenvalue weighted by Gasteiger charge is -2.00. The van der Waals surface area contributed by atoms with Crippen molar-refractivity contribution < 1.29 is 14.1 Å². The zero-order valence-electron chi connectivity index (χ0n) is 10.6. The van der Waals surface area contributed by atoms with Gasteiger partial charge in [-0.15, -0.1) is 0 Å². The summed E-state index contributed by atoms with van der Waals surface area (Å²) < 4.78 is 4.96. The van der Waals surface area contributed by atoms with E-state index in [2.05, 4.69) is 10.5 Å². The van der Waals surface area contributed by atoms with Crippen LogP contribution in [0, 0.1) is 10.1 Å². The van der Waals surface area contributed by atoms with Gasteiger partial charge < -0.3 is 4.42 Å². The Labute approximate surface area is 114 Å². The standard InChI is InChI=1S/C13H11N3O4/c1-9(11-7-8-12(20-11)16(18)19)14-15-13(17)10-5-3-2-4-6-10/h2-8H,1H3,(H,15,17)/b14-9-. The van der Waals surface area contributed by atoms with E-state index in [1.165, 1.54) is 12.1 Å². The molecule has 0 saturated heterocycles. The van der Waals surface area contributed by atoms with Gasteiger partial charge in [-0.2, -0.15) is 5.10 Å². The third kappa shape index (κ3) is 3.08. The molecule has 102 valence electrons. The Morgan fingerprint density at radius 3 is 2.55 bits per heavy atom. The van der Waals surface area contributed by atoms with Gasteiger partial charge in [0.15, 0.2) is 5.76 Å². The molecule has 0 aliphatic carbocycles. The predicted octanol–water partition coefficient (Wildman–Crippen LogP) is 2.34. The number of amides is 1. The number of carbonyl (C=O) groups is 1. The van der Waals surface area contributed by atoms with E-state index in [4.69, 9.17) is 4.42 Å². The first-order valence-electron chi connectivity index (χ1n) is 5.72. The van der Waals surface area contributed by atoms with Gasteiger partial charge >= 0.3 is 5.88 Å². The van der Waals surface area contributed by atoms with Crippen molar-refractivity contribution in [1.29, 1.82) is 0 Å². The molecular weight excluding hydrogens is 262 g/mol. The van der Waals surface area contributed by atoms with Gasteiger partial charge in [-0.05, 0) is 25.1 Å². The van der Waals surface area contributed by atoms with E-state index in [9.17, 15) is 14.9 Å². The first kappa shape index (κ1) is 13.5. The van der Waals surface area contributed by atoms with Crippen LogP contribution in [0.5, 0.6) is 0 Å². The number of hydrogen-bond donors (Lipinski definition) is 1. The number of benzene rings is 1. The maximum atomic E-state index is 11.7. The van der Waals surface area contributed by atoms with E-state index < -0.39 is 4.92 Å². The van der Waals surface area contributed by atoms with Crippen LogP contribution in [0.2, 0.25) is 0 Å². The number of carbonyl (C=O) groups excluding carboxylic acids is 1. The molecule has 7 nitrogen and oxygen atoms in total. The lowest BCUT2D eigenvalue weighted by Crippen LogP contribution is -2.19. The lowest BCUT2D eigenvalue weighted by molar-refractivity contribution is -0.402. The third-order valence-electron chi connectivity index (χ3n) is 2.49. The zero-order valence-corrected chi connectivity index (χ0v) is 10.6. The fourth-order valence-electron chi connectivity index (χ4n) is 1.46. The van der Waals surface area contributed by atoms with E-state index >= 15 is 0 Å². The number of nitro groups is 1. The van der Waals surface area contributed by atoms with Crippen molar-refractivity contribution in [2.24, 2.45) is 5.10 Å². The van der Waals surface area contributed by atoms with E-state index in [1.807, 2.05) is 0 Å². The van der Waals surface area contributed by atoms with E-state index in [0.717, 1.165) is 0 Å². The van der Waals surface area contributed by atoms with Crippen LogP contribution in [0.15, 0.2) is 52.0 Å². The van der Waals surface area contributed by atoms with Crippen LogP contribution in [0.4, 0.5) is 5.88 Å². The van der Waals surface area contributed by atoms with Crippen LogP contribution < -0.4 is 5.43 Å². The maximum Gasteiger partial charge on any atom is 0.433 e. The van der Waals surface area contributed by atoms with Gasteiger partial charge in [0.2, 0.25) is 0 Å². The van der Waals surface area contributed by atoms with Gasteiger partial charge in [0, 0.05) is 5.56 Å². The molecule has 0 saturated carbocycles. The summed E-state index contributed by atoms with van der Waals surface area (Å²) in [4.78, 5) is 21.6. The number of nitrogens with one attached hydrogen (secondary N) is 1. The number of rotatable bonds is 4. The molecule has 2 aromatic rings. The summed E-state index contributed by atoms with van der Waals surface area (Å²) in [5.74, 6) is -0.514. The first-order chi connectivity index (χ1) is 9.58. The molecule has 0 aliphatic rings. The highest BCUT2D eigenvalue weighted by Gasteiger charge is 2.13. The van der Waals surface area contributed by atoms with Crippen LogP contribution in [0.25, 0.3) is 0 Å². The average Bonchev–Trinajstić information content (AvgIpc) is 2.95. The number of furan rings is 1. The van der Waals surface area contributed by atoms with Gasteiger partial charge in [0.1, 0.15) is 10.6 Å². The summed E-state index contributed by atoms with van der Waals surface area (Å²) in [5, 5.41) is 14.3. The summed E-state index contributed by atoms with van der Waals surface area (Å²) in [6.07, 6.45) is 0. The van der Waals surface area contributed by atoms with Crippen molar-refractivity contribution in [2.45, 2.75) is 6.92 Å². The number of hydrogen-bond acceptors (Lipinski definition) is 5. The lowest BCUT2D eigenvalue weighted by atomic mass is 10.2. The molecule has 0 spiro atoms. The summed E-state index contributed by atoms with van der Waals surface area (Å²) in [7, 11) is 0. The number of nitrogens with zero attached hydrogens (tertiary/aromatic N) is 2. The number of hydrazone groups is 1. The quantitative estimate of drug-likeness (QED) is 0.525. The average molecular weight is 273 g/mol. The van der Waals surface area contributed by atoms with E-state index in [1.54, 1.807) is 37.3 Å². The SMILES string of the molecule is C/C(=N/NC(=O)c1ccccc1)c1ccc([N+](=O)[O-])o1. The second-order valence-electron chi connectivity index (χ2n) is 3.90. The normalized spacial score (nSPS) is 11.2. The molecule has 0 radical (unpaired) electrons. The van der Waals surface area contributed by atoms with Gasteiger partial charge in [-0.3, -0.25) is 14.9 Å². The molecule has 1 heterocycles. The first-order valence-corrected chi connectivity index (χ1v) is 5.72. The van der Waals surface area contributed by atoms with Gasteiger partial charge in [-0.25, -0.2) is 5.43 Å². The fourth-order valence-corrected chi connectivity index (χ4v) is 1.46. The molecule has 1 N–H and O–H groups in total. The third-order valence-corrected chi connectivity index (χ3v) is 2.49. The Kier molecular flexibility index (Phi) is 3.90. The molecule has 1 amide bonds. The van der Waals surface area contributed by atoms with Gasteiger partial charge in [0.05, 0.1) is 6.07 Å². The smallest absolute Gasteiger partial charge is 0.399 e. The van der Waals surface area contributed by atoms with Crippen molar-refractivity contribution in [3.8, 4) is 0 Å². The summed E-state index contributed by atoms with van der Waals surface area (Å²) in [5.41, 5.74) is 3.16. The molecular formula is C13H11N3O4. The minimum atomic E-state index is -0.640. The van der Waals surface area contributed by atoms with Crippen LogP contribution in [0.3, 0.4) is 0 Å². The van der Waals surface area contributed by atoms with Crippen LogP contribution in [0.1, 0.15) is 23.0 Å². The van der Waals surface area contributed by atoms with Gasteiger partial charge in [0.25, 0.3) is 5.91 Å². The molecule has 20 heavy (non-hydrogen) atoms. The predicted molar refractivity (Wildman–Crippen MR) is 71.5 cm³/mol. The summed E-state index contributed by atoms with van der Waals surface area (Å²) in [6.45, 7) is 1.58. The molecule has 0 atom stereocenters. The van der Waals surface area contributed by atoms with Crippen molar-refractivity contribution in [2.75, 3.05) is 0 Å². The minimum Gasteiger partial charge on any atom is -0.399 e. The Bertz CT molecular complexity index is 661. The molecule has 0 unspecified atom stereocenters. The molecule has 1 aromatic carbocycles. The van der Waals surface area contributed by atoms with Crippen molar-refractivity contribution in [3.05, 3.63) is 63.9 Å². The molecule has 0 aliphatic heterocycles. The fraction of sp³-hybridized carbons (Fsp3) is 0.0769. The monoisotopic (exact) mass is 273 g/mol. The van der Waals surface area contributed by atoms with Crippen molar-refractivity contribution >= 4 is 17.5 Å². The Morgan fingerprint density at radius 1 is 1.25 bits per heavy atom. The zero-order chi connectivity index (χ0) is 14.5. The molecule has 2 rings (SSSR count). The largest absolute Gasteiger partial charge is 0.433 e. The Balaban J connectivity index is 2.07. The van der Waals surface area contributed by atoms with Crippen LogP contribution in [-0.2, 0) is 0 Å². The topological polar surface area (TPSA) is 97.7 Å².